The van der Waals surface area contributed by atoms with Gasteiger partial charge >= 0.3 is 0 Å². The summed E-state index contributed by atoms with van der Waals surface area (Å²) in [5.74, 6) is 0.654. The molecule has 1 heterocycles. The van der Waals surface area contributed by atoms with E-state index in [0.29, 0.717) is 29.5 Å². The van der Waals surface area contributed by atoms with Crippen LogP contribution in [0.2, 0.25) is 0 Å². The van der Waals surface area contributed by atoms with Gasteiger partial charge in [-0.25, -0.2) is 17.7 Å². The Bertz CT molecular complexity index is 902. The van der Waals surface area contributed by atoms with Gasteiger partial charge in [0, 0.05) is 20.0 Å². The van der Waals surface area contributed by atoms with Crippen molar-refractivity contribution in [3.63, 3.8) is 0 Å². The minimum absolute atomic E-state index is 0.0156. The molecular weight excluding hydrogens is 382 g/mol. The molecule has 8 heteroatoms. The third kappa shape index (κ3) is 4.86. The van der Waals surface area contributed by atoms with Crippen molar-refractivity contribution < 1.29 is 13.2 Å². The highest BCUT2D eigenvalue weighted by Gasteiger charge is 2.20. The van der Waals surface area contributed by atoms with Crippen LogP contribution in [0, 0.1) is 5.92 Å². The number of thiazole rings is 1. The van der Waals surface area contributed by atoms with Gasteiger partial charge in [-0.3, -0.25) is 4.79 Å². The van der Waals surface area contributed by atoms with Crippen LogP contribution < -0.4 is 5.32 Å². The van der Waals surface area contributed by atoms with E-state index >= 15 is 0 Å². The van der Waals surface area contributed by atoms with Crippen LogP contribution in [0.5, 0.6) is 0 Å². The molecule has 0 spiro atoms. The molecule has 27 heavy (non-hydrogen) atoms. The number of carbonyl (C=O) groups excluding carboxylic acids is 1. The highest BCUT2D eigenvalue weighted by molar-refractivity contribution is 7.89. The van der Waals surface area contributed by atoms with Crippen LogP contribution in [-0.2, 0) is 14.8 Å². The summed E-state index contributed by atoms with van der Waals surface area (Å²) in [5, 5.41) is 3.40. The fourth-order valence-electron chi connectivity index (χ4n) is 3.46. The van der Waals surface area contributed by atoms with E-state index in [2.05, 4.69) is 10.3 Å². The van der Waals surface area contributed by atoms with E-state index in [-0.39, 0.29) is 10.8 Å². The number of amides is 1. The number of benzene rings is 1. The predicted molar refractivity (Wildman–Crippen MR) is 110 cm³/mol. The van der Waals surface area contributed by atoms with Crippen LogP contribution in [-0.4, -0.2) is 37.2 Å². The van der Waals surface area contributed by atoms with Crippen molar-refractivity contribution in [3.8, 4) is 0 Å². The van der Waals surface area contributed by atoms with Gasteiger partial charge in [-0.05, 0) is 30.5 Å². The Morgan fingerprint density at radius 2 is 2.04 bits per heavy atom. The molecule has 1 aromatic carbocycles. The first-order chi connectivity index (χ1) is 12.9. The van der Waals surface area contributed by atoms with Gasteiger partial charge in [0.25, 0.3) is 0 Å². The first-order valence-corrected chi connectivity index (χ1v) is 11.8. The van der Waals surface area contributed by atoms with E-state index in [9.17, 15) is 13.2 Å². The highest BCUT2D eigenvalue weighted by atomic mass is 32.2. The molecule has 1 aliphatic rings. The smallest absolute Gasteiger partial charge is 0.242 e. The molecule has 6 nitrogen and oxygen atoms in total. The van der Waals surface area contributed by atoms with Crippen molar-refractivity contribution in [2.24, 2.45) is 5.92 Å². The second-order valence-electron chi connectivity index (χ2n) is 7.16. The summed E-state index contributed by atoms with van der Waals surface area (Å²) in [6.07, 6.45) is 7.80. The number of fused-ring (bicyclic) bond motifs is 1. The van der Waals surface area contributed by atoms with E-state index in [4.69, 9.17) is 0 Å². The van der Waals surface area contributed by atoms with Gasteiger partial charge in [-0.2, -0.15) is 0 Å². The number of sulfonamides is 1. The van der Waals surface area contributed by atoms with Crippen LogP contribution >= 0.6 is 11.3 Å². The lowest BCUT2D eigenvalue weighted by Gasteiger charge is -2.20. The molecule has 1 aromatic heterocycles. The van der Waals surface area contributed by atoms with Gasteiger partial charge in [0.05, 0.1) is 15.1 Å². The number of carbonyl (C=O) groups is 1. The monoisotopic (exact) mass is 409 g/mol. The van der Waals surface area contributed by atoms with E-state index in [1.54, 1.807) is 32.2 Å². The molecule has 1 N–H and O–H groups in total. The van der Waals surface area contributed by atoms with E-state index in [0.717, 1.165) is 11.1 Å². The van der Waals surface area contributed by atoms with Crippen molar-refractivity contribution in [3.05, 3.63) is 18.2 Å². The molecule has 1 fully saturated rings. The largest absolute Gasteiger partial charge is 0.302 e. The molecule has 0 bridgehead atoms. The lowest BCUT2D eigenvalue weighted by molar-refractivity contribution is -0.116. The third-order valence-electron chi connectivity index (χ3n) is 5.26. The number of aromatic nitrogens is 1. The van der Waals surface area contributed by atoms with Gasteiger partial charge in [0.2, 0.25) is 15.9 Å². The maximum absolute atomic E-state index is 12.5. The fourth-order valence-corrected chi connectivity index (χ4v) is 5.66. The second kappa shape index (κ2) is 8.67. The molecule has 1 amide bonds. The summed E-state index contributed by atoms with van der Waals surface area (Å²) in [6, 6.07) is 4.89. The zero-order valence-electron chi connectivity index (χ0n) is 15.9. The summed E-state index contributed by atoms with van der Waals surface area (Å²) in [5.41, 5.74) is 0.695. The molecule has 148 valence electrons. The highest BCUT2D eigenvalue weighted by Crippen LogP contribution is 2.30. The number of nitrogens with one attached hydrogen (secondary N) is 1. The molecule has 0 saturated heterocycles. The van der Waals surface area contributed by atoms with Gasteiger partial charge < -0.3 is 5.32 Å². The lowest BCUT2D eigenvalue weighted by Crippen LogP contribution is -2.26. The zero-order chi connectivity index (χ0) is 19.4. The molecule has 0 aliphatic heterocycles. The summed E-state index contributed by atoms with van der Waals surface area (Å²) < 4.78 is 27.0. The predicted octanol–water partition coefficient (Wildman–Crippen LogP) is 4.24. The number of nitrogens with zero attached hydrogens (tertiary/aromatic N) is 2. The average molecular weight is 410 g/mol. The fraction of sp³-hybridized carbons (Fsp3) is 0.579. The van der Waals surface area contributed by atoms with Crippen molar-refractivity contribution in [2.75, 3.05) is 18.9 Å². The zero-order valence-corrected chi connectivity index (χ0v) is 17.5. The summed E-state index contributed by atoms with van der Waals surface area (Å²) >= 11 is 1.31. The van der Waals surface area contributed by atoms with E-state index in [1.807, 2.05) is 0 Å². The van der Waals surface area contributed by atoms with Gasteiger partial charge in [0.15, 0.2) is 5.13 Å². The first kappa shape index (κ1) is 20.2. The molecule has 0 unspecified atom stereocenters. The number of rotatable bonds is 7. The average Bonchev–Trinajstić information content (AvgIpc) is 3.07. The third-order valence-corrected chi connectivity index (χ3v) is 8.13. The van der Waals surface area contributed by atoms with Crippen molar-refractivity contribution in [2.45, 2.75) is 56.8 Å². The molecule has 0 atom stereocenters. The Morgan fingerprint density at radius 3 is 2.74 bits per heavy atom. The SMILES string of the molecule is CCN(C)S(=O)(=O)c1ccc2nc(NC(=O)CCC3CCCCC3)sc2c1. The Morgan fingerprint density at radius 1 is 1.30 bits per heavy atom. The van der Waals surface area contributed by atoms with Crippen molar-refractivity contribution in [1.82, 2.24) is 9.29 Å². The Balaban J connectivity index is 1.66. The number of anilines is 1. The molecule has 3 rings (SSSR count). The summed E-state index contributed by atoms with van der Waals surface area (Å²) in [4.78, 5) is 16.9. The van der Waals surface area contributed by atoms with Crippen LogP contribution in [0.25, 0.3) is 10.2 Å². The van der Waals surface area contributed by atoms with Gasteiger partial charge in [-0.15, -0.1) is 0 Å². The minimum Gasteiger partial charge on any atom is -0.302 e. The Kier molecular flexibility index (Phi) is 6.49. The minimum atomic E-state index is -3.49. The Hall–Kier alpha value is -1.51. The first-order valence-electron chi connectivity index (χ1n) is 9.57. The Labute approximate surface area is 165 Å². The normalized spacial score (nSPS) is 16.1. The van der Waals surface area contributed by atoms with Crippen LogP contribution in [0.3, 0.4) is 0 Å². The van der Waals surface area contributed by atoms with E-state index in [1.165, 1.54) is 47.7 Å². The maximum Gasteiger partial charge on any atom is 0.242 e. The quantitative estimate of drug-likeness (QED) is 0.742. The van der Waals surface area contributed by atoms with Crippen molar-refractivity contribution in [1.29, 1.82) is 0 Å². The second-order valence-corrected chi connectivity index (χ2v) is 10.2. The topological polar surface area (TPSA) is 79.4 Å². The van der Waals surface area contributed by atoms with Crippen LogP contribution in [0.1, 0.15) is 51.9 Å². The number of hydrogen-bond donors (Lipinski definition) is 1. The van der Waals surface area contributed by atoms with Gasteiger partial charge in [-0.1, -0.05) is 50.4 Å². The lowest BCUT2D eigenvalue weighted by atomic mass is 9.86. The van der Waals surface area contributed by atoms with Crippen LogP contribution in [0.4, 0.5) is 5.13 Å². The van der Waals surface area contributed by atoms with Gasteiger partial charge in [0.1, 0.15) is 0 Å². The summed E-state index contributed by atoms with van der Waals surface area (Å²) in [7, 11) is -1.93. The van der Waals surface area contributed by atoms with E-state index < -0.39 is 10.0 Å². The number of hydrogen-bond acceptors (Lipinski definition) is 5. The van der Waals surface area contributed by atoms with Crippen molar-refractivity contribution >= 4 is 42.6 Å². The molecular formula is C19H27N3O3S2. The standard InChI is InChI=1S/C19H27N3O3S2/c1-3-22(2)27(24,25)15-10-11-16-17(13-15)26-19(20-16)21-18(23)12-9-14-7-5-4-6-8-14/h10-11,13-14H,3-9,12H2,1-2H3,(H,20,21,23). The summed E-state index contributed by atoms with van der Waals surface area (Å²) in [6.45, 7) is 2.20. The molecule has 2 aromatic rings. The maximum atomic E-state index is 12.5. The molecule has 1 aliphatic carbocycles. The molecule has 1 saturated carbocycles. The molecule has 0 radical (unpaired) electrons. The van der Waals surface area contributed by atoms with Crippen LogP contribution in [0.15, 0.2) is 23.1 Å².